The van der Waals surface area contributed by atoms with Crippen molar-refractivity contribution in [1.82, 2.24) is 4.98 Å². The molecular formula is C17H12ClF3N2OS2. The van der Waals surface area contributed by atoms with E-state index >= 15 is 0 Å². The van der Waals surface area contributed by atoms with Crippen molar-refractivity contribution in [2.75, 3.05) is 5.32 Å². The summed E-state index contributed by atoms with van der Waals surface area (Å²) in [5.74, 6) is -0.540. The highest BCUT2D eigenvalue weighted by molar-refractivity contribution is 8.02. The molecule has 1 atom stereocenters. The zero-order valence-electron chi connectivity index (χ0n) is 13.3. The third-order valence-electron chi connectivity index (χ3n) is 3.47. The summed E-state index contributed by atoms with van der Waals surface area (Å²) in [5, 5.41) is 1.67. The molecule has 3 aromatic rings. The molecule has 0 aliphatic rings. The van der Waals surface area contributed by atoms with E-state index in [2.05, 4.69) is 10.3 Å². The quantitative estimate of drug-likeness (QED) is 0.523. The van der Waals surface area contributed by atoms with Gasteiger partial charge in [-0.15, -0.1) is 11.3 Å². The van der Waals surface area contributed by atoms with Crippen molar-refractivity contribution in [2.45, 2.75) is 22.7 Å². The number of alkyl halides is 3. The lowest BCUT2D eigenvalue weighted by Crippen LogP contribution is -2.24. The zero-order valence-corrected chi connectivity index (χ0v) is 15.7. The van der Waals surface area contributed by atoms with Crippen LogP contribution in [0.5, 0.6) is 0 Å². The molecule has 0 saturated heterocycles. The Morgan fingerprint density at radius 2 is 2.00 bits per heavy atom. The van der Waals surface area contributed by atoms with E-state index in [-0.39, 0.29) is 10.7 Å². The molecule has 0 radical (unpaired) electrons. The van der Waals surface area contributed by atoms with E-state index < -0.39 is 22.9 Å². The molecule has 0 saturated carbocycles. The van der Waals surface area contributed by atoms with E-state index in [1.807, 2.05) is 24.3 Å². The molecule has 1 amide bonds. The number of thioether (sulfide) groups is 1. The number of carbonyl (C=O) groups excluding carboxylic acids is 1. The van der Waals surface area contributed by atoms with Crippen LogP contribution in [-0.2, 0) is 11.0 Å². The van der Waals surface area contributed by atoms with Crippen LogP contribution in [0.1, 0.15) is 12.5 Å². The molecule has 1 unspecified atom stereocenters. The lowest BCUT2D eigenvalue weighted by Gasteiger charge is -2.16. The highest BCUT2D eigenvalue weighted by Crippen LogP contribution is 2.37. The lowest BCUT2D eigenvalue weighted by molar-refractivity contribution is -0.137. The van der Waals surface area contributed by atoms with Crippen molar-refractivity contribution in [3.63, 3.8) is 0 Å². The summed E-state index contributed by atoms with van der Waals surface area (Å²) in [6.45, 7) is 1.62. The van der Waals surface area contributed by atoms with Gasteiger partial charge < -0.3 is 5.32 Å². The first-order valence-corrected chi connectivity index (χ1v) is 9.51. The summed E-state index contributed by atoms with van der Waals surface area (Å²) >= 11 is 8.28. The number of hydrogen-bond acceptors (Lipinski definition) is 4. The van der Waals surface area contributed by atoms with Gasteiger partial charge in [-0.05, 0) is 37.3 Å². The van der Waals surface area contributed by atoms with Gasteiger partial charge in [-0.3, -0.25) is 4.79 Å². The minimum absolute atomic E-state index is 0.0489. The van der Waals surface area contributed by atoms with Crippen LogP contribution in [0.15, 0.2) is 46.8 Å². The summed E-state index contributed by atoms with van der Waals surface area (Å²) in [4.78, 5) is 16.8. The van der Waals surface area contributed by atoms with Crippen molar-refractivity contribution in [3.05, 3.63) is 53.1 Å². The van der Waals surface area contributed by atoms with E-state index in [0.717, 1.165) is 22.3 Å². The lowest BCUT2D eigenvalue weighted by atomic mass is 10.1. The second-order valence-electron chi connectivity index (χ2n) is 5.38. The van der Waals surface area contributed by atoms with Gasteiger partial charge in [-0.2, -0.15) is 13.2 Å². The number of aromatic nitrogens is 1. The fourth-order valence-electron chi connectivity index (χ4n) is 2.20. The van der Waals surface area contributed by atoms with Gasteiger partial charge in [-0.1, -0.05) is 35.5 Å². The van der Waals surface area contributed by atoms with E-state index in [0.29, 0.717) is 4.34 Å². The molecule has 2 aromatic carbocycles. The van der Waals surface area contributed by atoms with Crippen LogP contribution in [0.2, 0.25) is 5.02 Å². The number of fused-ring (bicyclic) bond motifs is 1. The average molecular weight is 417 g/mol. The number of hydrogen-bond donors (Lipinski definition) is 1. The van der Waals surface area contributed by atoms with Gasteiger partial charge in [-0.25, -0.2) is 4.98 Å². The molecular weight excluding hydrogens is 405 g/mol. The highest BCUT2D eigenvalue weighted by atomic mass is 35.5. The summed E-state index contributed by atoms with van der Waals surface area (Å²) < 4.78 is 41.0. The predicted octanol–water partition coefficient (Wildman–Crippen LogP) is 6.09. The van der Waals surface area contributed by atoms with E-state index in [1.165, 1.54) is 29.2 Å². The van der Waals surface area contributed by atoms with Gasteiger partial charge in [0.2, 0.25) is 5.91 Å². The predicted molar refractivity (Wildman–Crippen MR) is 100 cm³/mol. The summed E-state index contributed by atoms with van der Waals surface area (Å²) in [6.07, 6.45) is -4.61. The Morgan fingerprint density at radius 3 is 2.69 bits per heavy atom. The maximum absolute atomic E-state index is 13.1. The number of benzene rings is 2. The molecule has 0 aliphatic carbocycles. The fraction of sp³-hybridized carbons (Fsp3) is 0.176. The number of nitrogens with one attached hydrogen (secondary N) is 1. The Morgan fingerprint density at radius 1 is 1.27 bits per heavy atom. The number of halogens is 4. The highest BCUT2D eigenvalue weighted by Gasteiger charge is 2.34. The van der Waals surface area contributed by atoms with Gasteiger partial charge in [0.25, 0.3) is 0 Å². The Bertz CT molecular complexity index is 926. The first-order valence-electron chi connectivity index (χ1n) is 7.44. The number of anilines is 1. The molecule has 1 heterocycles. The van der Waals surface area contributed by atoms with Crippen molar-refractivity contribution in [2.24, 2.45) is 0 Å². The second kappa shape index (κ2) is 7.46. The summed E-state index contributed by atoms with van der Waals surface area (Å²) in [7, 11) is 0. The number of rotatable bonds is 4. The molecule has 1 N–H and O–H groups in total. The van der Waals surface area contributed by atoms with E-state index in [9.17, 15) is 18.0 Å². The maximum Gasteiger partial charge on any atom is 0.418 e. The molecule has 3 nitrogen and oxygen atoms in total. The maximum atomic E-state index is 13.1. The van der Waals surface area contributed by atoms with Gasteiger partial charge in [0.05, 0.1) is 26.7 Å². The van der Waals surface area contributed by atoms with Crippen LogP contribution < -0.4 is 5.32 Å². The minimum atomic E-state index is -4.61. The number of para-hydroxylation sites is 1. The van der Waals surface area contributed by atoms with Gasteiger partial charge in [0.1, 0.15) is 0 Å². The molecule has 3 rings (SSSR count). The second-order valence-corrected chi connectivity index (χ2v) is 8.44. The van der Waals surface area contributed by atoms with Gasteiger partial charge in [0, 0.05) is 5.02 Å². The molecule has 9 heteroatoms. The number of nitrogens with zero attached hydrogens (tertiary/aromatic N) is 1. The minimum Gasteiger partial charge on any atom is -0.325 e. The van der Waals surface area contributed by atoms with Gasteiger partial charge in [0.15, 0.2) is 4.34 Å². The smallest absolute Gasteiger partial charge is 0.325 e. The van der Waals surface area contributed by atoms with Crippen LogP contribution in [0.25, 0.3) is 10.2 Å². The number of amides is 1. The van der Waals surface area contributed by atoms with Crippen LogP contribution in [-0.4, -0.2) is 16.1 Å². The van der Waals surface area contributed by atoms with Crippen LogP contribution >= 0.6 is 34.7 Å². The molecule has 0 bridgehead atoms. The molecule has 1 aromatic heterocycles. The largest absolute Gasteiger partial charge is 0.418 e. The fourth-order valence-corrected chi connectivity index (χ4v) is 4.58. The zero-order chi connectivity index (χ0) is 18.9. The van der Waals surface area contributed by atoms with E-state index in [1.54, 1.807) is 6.92 Å². The topological polar surface area (TPSA) is 42.0 Å². The van der Waals surface area contributed by atoms with E-state index in [4.69, 9.17) is 11.6 Å². The number of carbonyl (C=O) groups is 1. The normalized spacial score (nSPS) is 13.0. The van der Waals surface area contributed by atoms with Crippen molar-refractivity contribution in [1.29, 1.82) is 0 Å². The summed E-state index contributed by atoms with van der Waals surface area (Å²) in [5.41, 5.74) is -0.469. The first kappa shape index (κ1) is 19.0. The van der Waals surface area contributed by atoms with Gasteiger partial charge >= 0.3 is 6.18 Å². The SMILES string of the molecule is CC(Sc1nc2ccccc2s1)C(=O)Nc1ccc(Cl)cc1C(F)(F)F. The monoisotopic (exact) mass is 416 g/mol. The molecule has 0 fully saturated rings. The third-order valence-corrected chi connectivity index (χ3v) is 5.93. The third kappa shape index (κ3) is 4.31. The molecule has 0 spiro atoms. The molecule has 26 heavy (non-hydrogen) atoms. The average Bonchev–Trinajstić information content (AvgIpc) is 2.97. The van der Waals surface area contributed by atoms with Crippen molar-refractivity contribution < 1.29 is 18.0 Å². The van der Waals surface area contributed by atoms with Crippen LogP contribution in [0.3, 0.4) is 0 Å². The molecule has 136 valence electrons. The Kier molecular flexibility index (Phi) is 5.45. The molecule has 0 aliphatic heterocycles. The first-order chi connectivity index (χ1) is 12.2. The van der Waals surface area contributed by atoms with Crippen molar-refractivity contribution in [3.8, 4) is 0 Å². The summed E-state index contributed by atoms with van der Waals surface area (Å²) in [6, 6.07) is 10.8. The van der Waals surface area contributed by atoms with Crippen LogP contribution in [0.4, 0.5) is 18.9 Å². The number of thiazole rings is 1. The Balaban J connectivity index is 1.75. The standard InChI is InChI=1S/C17H12ClF3N2OS2/c1-9(25-16-23-13-4-2-3-5-14(13)26-16)15(24)22-12-7-6-10(18)8-11(12)17(19,20)21/h2-9H,1H3,(H,22,24). The van der Waals surface area contributed by atoms with Crippen LogP contribution in [0, 0.1) is 0 Å². The Hall–Kier alpha value is -1.77. The Labute approximate surface area is 160 Å². The van der Waals surface area contributed by atoms with Crippen molar-refractivity contribution >= 4 is 56.5 Å².